The van der Waals surface area contributed by atoms with Crippen LogP contribution in [-0.2, 0) is 30.4 Å². The zero-order valence-electron chi connectivity index (χ0n) is 20.0. The number of carboxylic acid groups (broad SMARTS) is 1. The second-order valence-electron chi connectivity index (χ2n) is 8.53. The molecule has 0 aliphatic rings. The lowest BCUT2D eigenvalue weighted by molar-refractivity contribution is -0.142. The molecule has 5 unspecified atom stereocenters. The number of fused-ring (bicyclic) bond motifs is 1. The van der Waals surface area contributed by atoms with Crippen LogP contribution in [0.4, 0.5) is 0 Å². The third kappa shape index (κ3) is 7.78. The Bertz CT molecular complexity index is 1120. The number of aliphatic hydroxyl groups excluding tert-OH is 1. The Morgan fingerprint density at radius 2 is 1.58 bits per heavy atom. The third-order valence-corrected chi connectivity index (χ3v) is 5.60. The van der Waals surface area contributed by atoms with Crippen molar-refractivity contribution >= 4 is 40.5 Å². The van der Waals surface area contributed by atoms with E-state index in [0.717, 1.165) is 10.9 Å². The Hall–Kier alpha value is -3.97. The van der Waals surface area contributed by atoms with Gasteiger partial charge in [0, 0.05) is 29.9 Å². The van der Waals surface area contributed by atoms with Crippen molar-refractivity contribution in [3.63, 3.8) is 0 Å². The maximum atomic E-state index is 13.3. The number of primary amides is 1. The molecule has 36 heavy (non-hydrogen) atoms. The summed E-state index contributed by atoms with van der Waals surface area (Å²) in [5.41, 5.74) is 12.4. The first-order valence-corrected chi connectivity index (χ1v) is 11.3. The molecule has 5 atom stereocenters. The fraction of sp³-hybridized carbons (Fsp3) is 0.435. The van der Waals surface area contributed by atoms with E-state index in [1.165, 1.54) is 13.8 Å². The van der Waals surface area contributed by atoms with Crippen molar-refractivity contribution in [1.82, 2.24) is 20.9 Å². The molecule has 0 radical (unpaired) electrons. The van der Waals surface area contributed by atoms with Crippen molar-refractivity contribution in [2.45, 2.75) is 63.4 Å². The van der Waals surface area contributed by atoms with Gasteiger partial charge in [0.15, 0.2) is 0 Å². The number of aliphatic hydroxyl groups is 1. The summed E-state index contributed by atoms with van der Waals surface area (Å²) in [4.78, 5) is 63.9. The predicted molar refractivity (Wildman–Crippen MR) is 129 cm³/mol. The molecule has 10 N–H and O–H groups in total. The molecule has 0 bridgehead atoms. The number of carboxylic acids is 1. The predicted octanol–water partition coefficient (Wildman–Crippen LogP) is -1.76. The van der Waals surface area contributed by atoms with Gasteiger partial charge in [0.1, 0.15) is 24.2 Å². The van der Waals surface area contributed by atoms with Crippen molar-refractivity contribution in [1.29, 1.82) is 0 Å². The van der Waals surface area contributed by atoms with E-state index >= 15 is 0 Å². The molecule has 13 nitrogen and oxygen atoms in total. The van der Waals surface area contributed by atoms with Gasteiger partial charge in [0.05, 0.1) is 6.10 Å². The molecule has 0 spiro atoms. The lowest BCUT2D eigenvalue weighted by atomic mass is 10.0. The van der Waals surface area contributed by atoms with E-state index in [1.54, 1.807) is 6.20 Å². The molecule has 0 saturated carbocycles. The molecular weight excluding hydrogens is 472 g/mol. The minimum Gasteiger partial charge on any atom is -0.480 e. The third-order valence-electron chi connectivity index (χ3n) is 5.60. The van der Waals surface area contributed by atoms with Crippen LogP contribution in [0.1, 0.15) is 32.3 Å². The number of benzene rings is 1. The van der Waals surface area contributed by atoms with Crippen LogP contribution in [0, 0.1) is 0 Å². The molecule has 1 heterocycles. The van der Waals surface area contributed by atoms with Crippen LogP contribution in [0.15, 0.2) is 30.5 Å². The summed E-state index contributed by atoms with van der Waals surface area (Å²) >= 11 is 0. The number of nitrogens with two attached hydrogens (primary N) is 2. The summed E-state index contributed by atoms with van der Waals surface area (Å²) in [6.07, 6.45) is 0.0432. The van der Waals surface area contributed by atoms with Crippen LogP contribution < -0.4 is 27.4 Å². The van der Waals surface area contributed by atoms with E-state index < -0.39 is 59.9 Å². The minimum absolute atomic E-state index is 0.00377. The molecule has 4 amide bonds. The van der Waals surface area contributed by atoms with E-state index in [9.17, 15) is 29.1 Å². The number of amides is 4. The zero-order valence-corrected chi connectivity index (χ0v) is 20.0. The largest absolute Gasteiger partial charge is 0.480 e. The quantitative estimate of drug-likeness (QED) is 0.155. The molecule has 196 valence electrons. The van der Waals surface area contributed by atoms with Crippen molar-refractivity contribution in [2.24, 2.45) is 11.5 Å². The number of aromatic amines is 1. The molecule has 13 heteroatoms. The van der Waals surface area contributed by atoms with Gasteiger partial charge in [-0.1, -0.05) is 18.2 Å². The zero-order chi connectivity index (χ0) is 27.0. The van der Waals surface area contributed by atoms with Crippen LogP contribution in [0.2, 0.25) is 0 Å². The molecule has 1 aromatic carbocycles. The first-order chi connectivity index (χ1) is 16.9. The number of nitrogens with one attached hydrogen (secondary N) is 4. The molecule has 2 rings (SSSR count). The van der Waals surface area contributed by atoms with E-state index in [-0.39, 0.29) is 19.3 Å². The van der Waals surface area contributed by atoms with Gasteiger partial charge in [0.2, 0.25) is 23.6 Å². The summed E-state index contributed by atoms with van der Waals surface area (Å²) in [5, 5.41) is 26.8. The number of aromatic nitrogens is 1. The maximum absolute atomic E-state index is 13.3. The van der Waals surface area contributed by atoms with Gasteiger partial charge in [-0.15, -0.1) is 0 Å². The van der Waals surface area contributed by atoms with Crippen molar-refractivity contribution < 1.29 is 34.2 Å². The molecule has 2 aromatic rings. The Morgan fingerprint density at radius 3 is 2.19 bits per heavy atom. The van der Waals surface area contributed by atoms with Crippen LogP contribution in [0.5, 0.6) is 0 Å². The highest BCUT2D eigenvalue weighted by Crippen LogP contribution is 2.19. The summed E-state index contributed by atoms with van der Waals surface area (Å²) in [5.74, 6) is -4.42. The number of rotatable bonds is 13. The molecule has 1 aromatic heterocycles. The van der Waals surface area contributed by atoms with Crippen LogP contribution in [0.3, 0.4) is 0 Å². The Labute approximate surface area is 207 Å². The summed E-state index contributed by atoms with van der Waals surface area (Å²) in [6.45, 7) is 2.57. The van der Waals surface area contributed by atoms with Gasteiger partial charge < -0.3 is 42.6 Å². The van der Waals surface area contributed by atoms with E-state index in [0.29, 0.717) is 5.56 Å². The van der Waals surface area contributed by atoms with Gasteiger partial charge >= 0.3 is 5.97 Å². The number of H-pyrrole nitrogens is 1. The number of hydrogen-bond donors (Lipinski definition) is 8. The fourth-order valence-electron chi connectivity index (χ4n) is 3.42. The SMILES string of the molecule is CC(NC(=O)C(CCC(N)=O)NC(=O)C(Cc1c[nH]c2ccccc12)NC(=O)C(N)C(C)O)C(=O)O. The lowest BCUT2D eigenvalue weighted by Gasteiger charge is -2.25. The van der Waals surface area contributed by atoms with Crippen LogP contribution in [0.25, 0.3) is 10.9 Å². The number of para-hydroxylation sites is 1. The van der Waals surface area contributed by atoms with Gasteiger partial charge in [-0.05, 0) is 31.9 Å². The normalized spacial score (nSPS) is 15.2. The molecule has 0 fully saturated rings. The van der Waals surface area contributed by atoms with E-state index in [2.05, 4.69) is 20.9 Å². The van der Waals surface area contributed by atoms with E-state index in [4.69, 9.17) is 16.6 Å². The second-order valence-corrected chi connectivity index (χ2v) is 8.53. The van der Waals surface area contributed by atoms with Crippen LogP contribution in [-0.4, -0.2) is 75.1 Å². The second kappa shape index (κ2) is 12.7. The molecule has 0 aliphatic heterocycles. The van der Waals surface area contributed by atoms with Gasteiger partial charge in [-0.2, -0.15) is 0 Å². The minimum atomic E-state index is -1.31. The van der Waals surface area contributed by atoms with Crippen molar-refractivity contribution in [3.05, 3.63) is 36.0 Å². The highest BCUT2D eigenvalue weighted by Gasteiger charge is 2.31. The van der Waals surface area contributed by atoms with Crippen molar-refractivity contribution in [2.75, 3.05) is 0 Å². The average Bonchev–Trinajstić information content (AvgIpc) is 3.22. The first-order valence-electron chi connectivity index (χ1n) is 11.3. The number of carbonyl (C=O) groups is 5. The van der Waals surface area contributed by atoms with Gasteiger partial charge in [0.25, 0.3) is 0 Å². The van der Waals surface area contributed by atoms with Crippen molar-refractivity contribution in [3.8, 4) is 0 Å². The first kappa shape index (κ1) is 28.3. The highest BCUT2D eigenvalue weighted by atomic mass is 16.4. The molecular formula is C23H32N6O7. The summed E-state index contributed by atoms with van der Waals surface area (Å²) < 4.78 is 0. The Morgan fingerprint density at radius 1 is 0.972 bits per heavy atom. The molecule has 0 saturated heterocycles. The number of aliphatic carboxylic acids is 1. The number of carbonyl (C=O) groups excluding carboxylic acids is 4. The summed E-state index contributed by atoms with van der Waals surface area (Å²) in [6, 6.07) is 2.21. The Balaban J connectivity index is 2.30. The van der Waals surface area contributed by atoms with Gasteiger partial charge in [-0.25, -0.2) is 0 Å². The lowest BCUT2D eigenvalue weighted by Crippen LogP contribution is -2.58. The Kier molecular flexibility index (Phi) is 9.93. The fourth-order valence-corrected chi connectivity index (χ4v) is 3.42. The smallest absolute Gasteiger partial charge is 0.325 e. The van der Waals surface area contributed by atoms with Crippen LogP contribution >= 0.6 is 0 Å². The highest BCUT2D eigenvalue weighted by molar-refractivity contribution is 5.95. The topological polar surface area (TPSA) is 230 Å². The maximum Gasteiger partial charge on any atom is 0.325 e. The number of hydrogen-bond acceptors (Lipinski definition) is 7. The van der Waals surface area contributed by atoms with E-state index in [1.807, 2.05) is 24.3 Å². The molecule has 0 aliphatic carbocycles. The summed E-state index contributed by atoms with van der Waals surface area (Å²) in [7, 11) is 0. The average molecular weight is 505 g/mol. The van der Waals surface area contributed by atoms with Gasteiger partial charge in [-0.3, -0.25) is 24.0 Å². The standard InChI is InChI=1S/C23H32N6O7/c1-11(23(35)36)27-20(32)16(7-8-18(24)31)28-21(33)17(29-22(34)19(25)12(2)30)9-13-10-26-15-6-4-3-5-14(13)15/h3-6,10-12,16-17,19,26,30H,7-9,25H2,1-2H3,(H2,24,31)(H,27,32)(H,28,33)(H,29,34)(H,35,36). The monoisotopic (exact) mass is 504 g/mol.